The quantitative estimate of drug-likeness (QED) is 0.659. The highest BCUT2D eigenvalue weighted by molar-refractivity contribution is 6.30. The van der Waals surface area contributed by atoms with Gasteiger partial charge in [0.25, 0.3) is 0 Å². The molecule has 26 heavy (non-hydrogen) atoms. The van der Waals surface area contributed by atoms with Crippen molar-refractivity contribution in [1.29, 1.82) is 0 Å². The minimum atomic E-state index is -0.867. The Morgan fingerprint density at radius 2 is 0.923 bits per heavy atom. The predicted molar refractivity (Wildman–Crippen MR) is 86.2 cm³/mol. The molecule has 4 aliphatic carbocycles. The Morgan fingerprint density at radius 3 is 1.35 bits per heavy atom. The van der Waals surface area contributed by atoms with Crippen LogP contribution in [-0.2, 0) is 9.59 Å². The molecule has 0 aromatic heterocycles. The topological polar surface area (TPSA) is 102 Å². The van der Waals surface area contributed by atoms with E-state index >= 15 is 0 Å². The van der Waals surface area contributed by atoms with Crippen molar-refractivity contribution in [1.82, 2.24) is 0 Å². The molecule has 6 nitrogen and oxygen atoms in total. The Labute approximate surface area is 146 Å². The minimum Gasteiger partial charge on any atom is -0.294 e. The molecule has 1 fully saturated rings. The summed E-state index contributed by atoms with van der Waals surface area (Å²) in [5, 5.41) is 0. The molecule has 0 bridgehead atoms. The maximum atomic E-state index is 12.9. The molecule has 0 N–H and O–H groups in total. The Morgan fingerprint density at radius 1 is 0.538 bits per heavy atom. The lowest BCUT2D eigenvalue weighted by Crippen LogP contribution is -2.37. The van der Waals surface area contributed by atoms with Crippen molar-refractivity contribution in [3.05, 3.63) is 57.7 Å². The smallest absolute Gasteiger partial charge is 0.171 e. The van der Waals surface area contributed by atoms with Crippen LogP contribution in [0.4, 0.5) is 0 Å². The van der Waals surface area contributed by atoms with Gasteiger partial charge in [0.1, 0.15) is 0 Å². The number of ketones is 6. The number of hydrogen-bond donors (Lipinski definition) is 0. The van der Waals surface area contributed by atoms with Crippen LogP contribution in [0.1, 0.15) is 54.3 Å². The van der Waals surface area contributed by atoms with Crippen LogP contribution in [0.2, 0.25) is 0 Å². The SMILES string of the molecule is O=C1CC(=O)C2=CC3C(=O)c4cc5c(cc4C(=O)C3C=C12)C(=O)CC5=O. The zero-order chi connectivity index (χ0) is 18.3. The first kappa shape index (κ1) is 15.0. The number of rotatable bonds is 0. The van der Waals surface area contributed by atoms with E-state index in [1.54, 1.807) is 0 Å². The van der Waals surface area contributed by atoms with E-state index in [2.05, 4.69) is 0 Å². The zero-order valence-corrected chi connectivity index (χ0v) is 13.3. The molecule has 1 saturated carbocycles. The summed E-state index contributed by atoms with van der Waals surface area (Å²) < 4.78 is 0. The van der Waals surface area contributed by atoms with Gasteiger partial charge in [-0.05, 0) is 12.1 Å². The lowest BCUT2D eigenvalue weighted by Gasteiger charge is -2.30. The van der Waals surface area contributed by atoms with E-state index in [4.69, 9.17) is 0 Å². The van der Waals surface area contributed by atoms with Crippen molar-refractivity contribution in [3.63, 3.8) is 0 Å². The van der Waals surface area contributed by atoms with Crippen LogP contribution < -0.4 is 0 Å². The van der Waals surface area contributed by atoms with Gasteiger partial charge in [-0.1, -0.05) is 12.2 Å². The van der Waals surface area contributed by atoms with E-state index in [1.807, 2.05) is 0 Å². The molecule has 1 aromatic carbocycles. The molecule has 1 aromatic rings. The largest absolute Gasteiger partial charge is 0.294 e. The van der Waals surface area contributed by atoms with Crippen molar-refractivity contribution < 1.29 is 28.8 Å². The molecule has 0 amide bonds. The Bertz CT molecular complexity index is 1010. The fourth-order valence-electron chi connectivity index (χ4n) is 4.21. The summed E-state index contributed by atoms with van der Waals surface area (Å²) in [6.07, 6.45) is 2.32. The third-order valence-electron chi connectivity index (χ3n) is 5.51. The second-order valence-electron chi connectivity index (χ2n) is 6.93. The van der Waals surface area contributed by atoms with Gasteiger partial charge in [0.2, 0.25) is 0 Å². The van der Waals surface area contributed by atoms with E-state index in [1.165, 1.54) is 24.3 Å². The van der Waals surface area contributed by atoms with Crippen molar-refractivity contribution in [2.24, 2.45) is 11.8 Å². The Balaban J connectivity index is 1.71. The Kier molecular flexibility index (Phi) is 2.69. The molecule has 0 radical (unpaired) electrons. The number of benzene rings is 1. The van der Waals surface area contributed by atoms with Crippen LogP contribution in [0.15, 0.2) is 35.4 Å². The molecule has 0 aliphatic heterocycles. The molecule has 0 heterocycles. The number of carbonyl (C=O) groups excluding carboxylic acids is 6. The fourth-order valence-corrected chi connectivity index (χ4v) is 4.21. The maximum absolute atomic E-state index is 12.9. The molecule has 126 valence electrons. The number of carbonyl (C=O) groups is 6. The molecular weight excluding hydrogens is 336 g/mol. The monoisotopic (exact) mass is 346 g/mol. The summed E-state index contributed by atoms with van der Waals surface area (Å²) in [6.45, 7) is 0. The molecule has 6 heteroatoms. The van der Waals surface area contributed by atoms with Crippen LogP contribution in [-0.4, -0.2) is 34.7 Å². The lowest BCUT2D eigenvalue weighted by molar-refractivity contribution is -0.120. The fraction of sp³-hybridized carbons (Fsp3) is 0.200. The second kappa shape index (κ2) is 4.66. The predicted octanol–water partition coefficient (Wildman–Crippen LogP) is 1.48. The molecule has 0 saturated heterocycles. The van der Waals surface area contributed by atoms with Gasteiger partial charge in [-0.15, -0.1) is 0 Å². The first-order valence-electron chi connectivity index (χ1n) is 8.20. The van der Waals surface area contributed by atoms with Crippen LogP contribution in [0.3, 0.4) is 0 Å². The summed E-state index contributed by atoms with van der Waals surface area (Å²) in [7, 11) is 0. The van der Waals surface area contributed by atoms with Crippen LogP contribution in [0.5, 0.6) is 0 Å². The molecule has 2 atom stereocenters. The van der Waals surface area contributed by atoms with Gasteiger partial charge in [0, 0.05) is 33.4 Å². The maximum Gasteiger partial charge on any atom is 0.171 e. The highest BCUT2D eigenvalue weighted by atomic mass is 16.2. The zero-order valence-electron chi connectivity index (χ0n) is 13.3. The first-order valence-corrected chi connectivity index (χ1v) is 8.20. The average Bonchev–Trinajstić information content (AvgIpc) is 3.06. The highest BCUT2D eigenvalue weighted by Crippen LogP contribution is 2.41. The summed E-state index contributed by atoms with van der Waals surface area (Å²) in [6, 6.07) is 2.65. The molecule has 2 unspecified atom stereocenters. The van der Waals surface area contributed by atoms with E-state index in [0.717, 1.165) is 0 Å². The van der Waals surface area contributed by atoms with Gasteiger partial charge in [-0.25, -0.2) is 0 Å². The first-order chi connectivity index (χ1) is 12.4. The average molecular weight is 346 g/mol. The van der Waals surface area contributed by atoms with E-state index in [0.29, 0.717) is 0 Å². The molecule has 5 rings (SSSR count). The van der Waals surface area contributed by atoms with Crippen molar-refractivity contribution in [2.75, 3.05) is 0 Å². The molecule has 4 aliphatic rings. The third-order valence-corrected chi connectivity index (χ3v) is 5.51. The van der Waals surface area contributed by atoms with Crippen LogP contribution in [0.25, 0.3) is 0 Å². The van der Waals surface area contributed by atoms with Gasteiger partial charge >= 0.3 is 0 Å². The van der Waals surface area contributed by atoms with Gasteiger partial charge in [-0.2, -0.15) is 0 Å². The minimum absolute atomic E-state index is 0.100. The number of Topliss-reactive ketones (excluding diaryl/α,β-unsaturated/α-hetero) is 6. The van der Waals surface area contributed by atoms with Gasteiger partial charge in [0.05, 0.1) is 24.7 Å². The van der Waals surface area contributed by atoms with Crippen molar-refractivity contribution in [2.45, 2.75) is 12.8 Å². The van der Waals surface area contributed by atoms with E-state index in [-0.39, 0.29) is 80.9 Å². The summed E-state index contributed by atoms with van der Waals surface area (Å²) >= 11 is 0. The van der Waals surface area contributed by atoms with Crippen molar-refractivity contribution in [3.8, 4) is 0 Å². The van der Waals surface area contributed by atoms with Crippen molar-refractivity contribution >= 4 is 34.7 Å². The van der Waals surface area contributed by atoms with Crippen LogP contribution in [0, 0.1) is 11.8 Å². The number of allylic oxidation sites excluding steroid dienone is 4. The van der Waals surface area contributed by atoms with E-state index < -0.39 is 11.8 Å². The van der Waals surface area contributed by atoms with Gasteiger partial charge < -0.3 is 0 Å². The second-order valence-corrected chi connectivity index (χ2v) is 6.93. The van der Waals surface area contributed by atoms with Gasteiger partial charge in [0.15, 0.2) is 34.7 Å². The van der Waals surface area contributed by atoms with Crippen LogP contribution >= 0.6 is 0 Å². The number of hydrogen-bond acceptors (Lipinski definition) is 6. The summed E-state index contributed by atoms with van der Waals surface area (Å²) in [5.74, 6) is -3.92. The van der Waals surface area contributed by atoms with Gasteiger partial charge in [-0.3, -0.25) is 28.8 Å². The standard InChI is InChI=1S/C20H10O6/c21-15-5-16(22)8-2-12-11(1-7(8)15)19(25)13-3-9-10(4-14(13)20(12)26)18(24)6-17(9)23/h1-4,11-12H,5-6H2. The lowest BCUT2D eigenvalue weighted by atomic mass is 9.69. The third kappa shape index (κ3) is 1.71. The number of fused-ring (bicyclic) bond motifs is 4. The normalized spacial score (nSPS) is 26.3. The Hall–Kier alpha value is -3.28. The summed E-state index contributed by atoms with van der Waals surface area (Å²) in [5.41, 5.74) is 0.939. The van der Waals surface area contributed by atoms with E-state index in [9.17, 15) is 28.8 Å². The summed E-state index contributed by atoms with van der Waals surface area (Å²) in [4.78, 5) is 73.7. The molecule has 0 spiro atoms. The highest BCUT2D eigenvalue weighted by Gasteiger charge is 2.46. The molecular formula is C20H10O6.